The van der Waals surface area contributed by atoms with Gasteiger partial charge < -0.3 is 4.74 Å². The molecule has 0 radical (unpaired) electrons. The van der Waals surface area contributed by atoms with E-state index in [1.54, 1.807) is 0 Å². The summed E-state index contributed by atoms with van der Waals surface area (Å²) in [7, 11) is 0. The molecule has 23 heavy (non-hydrogen) atoms. The van der Waals surface area contributed by atoms with Crippen LogP contribution in [0.3, 0.4) is 0 Å². The average Bonchev–Trinajstić information content (AvgIpc) is 2.58. The molecule has 0 saturated heterocycles. The van der Waals surface area contributed by atoms with E-state index < -0.39 is 10.9 Å². The zero-order valence-electron chi connectivity index (χ0n) is 12.3. The fraction of sp³-hybridized carbons (Fsp3) is 0.176. The molecular formula is C17H15NO5. The highest BCUT2D eigenvalue weighted by Gasteiger charge is 2.12. The molecule has 118 valence electrons. The number of nitro benzene ring substituents is 1. The molecule has 0 N–H and O–H groups in total. The predicted octanol–water partition coefficient (Wildman–Crippen LogP) is 2.95. The molecule has 0 spiro atoms. The zero-order valence-corrected chi connectivity index (χ0v) is 12.3. The largest absolute Gasteiger partial charge is 0.454 e. The first-order chi connectivity index (χ1) is 11.1. The van der Waals surface area contributed by atoms with Crippen molar-refractivity contribution in [1.29, 1.82) is 0 Å². The maximum atomic E-state index is 11.8. The van der Waals surface area contributed by atoms with Crippen molar-refractivity contribution in [2.45, 2.75) is 12.8 Å². The summed E-state index contributed by atoms with van der Waals surface area (Å²) in [5, 5.41) is 10.5. The highest BCUT2D eigenvalue weighted by Crippen LogP contribution is 2.12. The minimum atomic E-state index is -0.673. The standard InChI is InChI=1S/C17H15NO5/c19-16(11-6-13-4-2-1-3-5-13)12-23-17(20)14-7-9-15(10-8-14)18(21)22/h1-5,7-10H,6,11-12H2. The molecule has 2 aromatic rings. The van der Waals surface area contributed by atoms with Crippen molar-refractivity contribution in [3.8, 4) is 0 Å². The van der Waals surface area contributed by atoms with Gasteiger partial charge in [0.15, 0.2) is 5.78 Å². The van der Waals surface area contributed by atoms with E-state index in [1.807, 2.05) is 30.3 Å². The summed E-state index contributed by atoms with van der Waals surface area (Å²) in [6.07, 6.45) is 0.881. The molecule has 0 unspecified atom stereocenters. The number of Topliss-reactive ketones (excluding diaryl/α,β-unsaturated/α-hetero) is 1. The van der Waals surface area contributed by atoms with Crippen LogP contribution < -0.4 is 0 Å². The number of aryl methyl sites for hydroxylation is 1. The van der Waals surface area contributed by atoms with Crippen LogP contribution >= 0.6 is 0 Å². The molecule has 0 atom stereocenters. The quantitative estimate of drug-likeness (QED) is 0.445. The van der Waals surface area contributed by atoms with Crippen LogP contribution in [0.15, 0.2) is 54.6 Å². The molecular weight excluding hydrogens is 298 g/mol. The van der Waals surface area contributed by atoms with Gasteiger partial charge in [-0.05, 0) is 24.1 Å². The third kappa shape index (κ3) is 5.03. The highest BCUT2D eigenvalue weighted by atomic mass is 16.6. The van der Waals surface area contributed by atoms with E-state index in [-0.39, 0.29) is 30.1 Å². The second kappa shape index (κ2) is 7.84. The number of nitrogens with zero attached hydrogens (tertiary/aromatic N) is 1. The van der Waals surface area contributed by atoms with Crippen molar-refractivity contribution < 1.29 is 19.2 Å². The van der Waals surface area contributed by atoms with Crippen LogP contribution in [0.5, 0.6) is 0 Å². The summed E-state index contributed by atoms with van der Waals surface area (Å²) in [5.74, 6) is -0.850. The van der Waals surface area contributed by atoms with Crippen molar-refractivity contribution in [3.63, 3.8) is 0 Å². The molecule has 2 rings (SSSR count). The second-order valence-electron chi connectivity index (χ2n) is 4.90. The number of ether oxygens (including phenoxy) is 1. The summed E-state index contributed by atoms with van der Waals surface area (Å²) >= 11 is 0. The topological polar surface area (TPSA) is 86.5 Å². The number of hydrogen-bond acceptors (Lipinski definition) is 5. The van der Waals surface area contributed by atoms with Gasteiger partial charge >= 0.3 is 5.97 Å². The molecule has 0 aromatic heterocycles. The number of ketones is 1. The summed E-state index contributed by atoms with van der Waals surface area (Å²) in [6.45, 7) is -0.303. The molecule has 0 fully saturated rings. The Hall–Kier alpha value is -3.02. The Kier molecular flexibility index (Phi) is 5.57. The molecule has 0 aliphatic rings. The molecule has 0 bridgehead atoms. The van der Waals surface area contributed by atoms with Crippen LogP contribution in [0.1, 0.15) is 22.3 Å². The SMILES string of the molecule is O=C(CCc1ccccc1)COC(=O)c1ccc([N+](=O)[O-])cc1. The van der Waals surface area contributed by atoms with Gasteiger partial charge in [-0.2, -0.15) is 0 Å². The number of esters is 1. The van der Waals surface area contributed by atoms with Gasteiger partial charge in [-0.1, -0.05) is 30.3 Å². The maximum Gasteiger partial charge on any atom is 0.338 e. The number of hydrogen-bond donors (Lipinski definition) is 0. The van der Waals surface area contributed by atoms with Gasteiger partial charge in [-0.3, -0.25) is 14.9 Å². The van der Waals surface area contributed by atoms with Crippen LogP contribution in [-0.4, -0.2) is 23.3 Å². The fourth-order valence-electron chi connectivity index (χ4n) is 1.95. The Morgan fingerprint density at radius 1 is 1.00 bits per heavy atom. The van der Waals surface area contributed by atoms with Crippen LogP contribution in [0.2, 0.25) is 0 Å². The smallest absolute Gasteiger partial charge is 0.338 e. The number of carbonyl (C=O) groups excluding carboxylic acids is 2. The van der Waals surface area contributed by atoms with Crippen molar-refractivity contribution >= 4 is 17.4 Å². The average molecular weight is 313 g/mol. The minimum Gasteiger partial charge on any atom is -0.454 e. The second-order valence-corrected chi connectivity index (χ2v) is 4.90. The number of benzene rings is 2. The lowest BCUT2D eigenvalue weighted by Gasteiger charge is -2.04. The summed E-state index contributed by atoms with van der Waals surface area (Å²) in [6, 6.07) is 14.6. The lowest BCUT2D eigenvalue weighted by molar-refractivity contribution is -0.384. The molecule has 0 heterocycles. The third-order valence-electron chi connectivity index (χ3n) is 3.21. The van der Waals surface area contributed by atoms with Gasteiger partial charge in [0.2, 0.25) is 0 Å². The van der Waals surface area contributed by atoms with Gasteiger partial charge in [0.1, 0.15) is 6.61 Å². The molecule has 6 heteroatoms. The number of non-ortho nitro benzene ring substituents is 1. The van der Waals surface area contributed by atoms with E-state index in [9.17, 15) is 19.7 Å². The Balaban J connectivity index is 1.79. The lowest BCUT2D eigenvalue weighted by atomic mass is 10.1. The van der Waals surface area contributed by atoms with Crippen molar-refractivity contribution in [3.05, 3.63) is 75.8 Å². The molecule has 0 amide bonds. The van der Waals surface area contributed by atoms with E-state index in [1.165, 1.54) is 24.3 Å². The normalized spacial score (nSPS) is 10.1. The highest BCUT2D eigenvalue weighted by molar-refractivity contribution is 5.91. The molecule has 2 aromatic carbocycles. The Labute approximate surface area is 132 Å². The zero-order chi connectivity index (χ0) is 16.7. The minimum absolute atomic E-state index is 0.111. The third-order valence-corrected chi connectivity index (χ3v) is 3.21. The first-order valence-electron chi connectivity index (χ1n) is 7.03. The van der Waals surface area contributed by atoms with Crippen molar-refractivity contribution in [2.75, 3.05) is 6.61 Å². The number of rotatable bonds is 7. The molecule has 0 aliphatic heterocycles. The van der Waals surface area contributed by atoms with Crippen LogP contribution in [0.4, 0.5) is 5.69 Å². The van der Waals surface area contributed by atoms with Gasteiger partial charge in [-0.15, -0.1) is 0 Å². The molecule has 0 saturated carbocycles. The Morgan fingerprint density at radius 3 is 2.26 bits per heavy atom. The van der Waals surface area contributed by atoms with Gasteiger partial charge in [0.25, 0.3) is 5.69 Å². The van der Waals surface area contributed by atoms with Crippen molar-refractivity contribution in [1.82, 2.24) is 0 Å². The van der Waals surface area contributed by atoms with Gasteiger partial charge in [-0.25, -0.2) is 4.79 Å². The summed E-state index contributed by atoms with van der Waals surface area (Å²) in [4.78, 5) is 33.5. The van der Waals surface area contributed by atoms with Crippen LogP contribution in [0, 0.1) is 10.1 Å². The van der Waals surface area contributed by atoms with Gasteiger partial charge in [0, 0.05) is 18.6 Å². The number of carbonyl (C=O) groups is 2. The molecule has 6 nitrogen and oxygen atoms in total. The maximum absolute atomic E-state index is 11.8. The Bertz CT molecular complexity index is 695. The Morgan fingerprint density at radius 2 is 1.65 bits per heavy atom. The van der Waals surface area contributed by atoms with E-state index in [0.29, 0.717) is 6.42 Å². The first-order valence-corrected chi connectivity index (χ1v) is 7.03. The first kappa shape index (κ1) is 16.4. The van der Waals surface area contributed by atoms with Crippen LogP contribution in [-0.2, 0) is 16.0 Å². The van der Waals surface area contributed by atoms with Crippen molar-refractivity contribution in [2.24, 2.45) is 0 Å². The van der Waals surface area contributed by atoms with E-state index >= 15 is 0 Å². The van der Waals surface area contributed by atoms with Crippen LogP contribution in [0.25, 0.3) is 0 Å². The van der Waals surface area contributed by atoms with E-state index in [4.69, 9.17) is 4.74 Å². The van der Waals surface area contributed by atoms with Gasteiger partial charge in [0.05, 0.1) is 10.5 Å². The number of nitro groups is 1. The van der Waals surface area contributed by atoms with E-state index in [2.05, 4.69) is 0 Å². The lowest BCUT2D eigenvalue weighted by Crippen LogP contribution is -2.14. The fourth-order valence-corrected chi connectivity index (χ4v) is 1.95. The predicted molar refractivity (Wildman–Crippen MR) is 83.1 cm³/mol. The van der Waals surface area contributed by atoms with E-state index in [0.717, 1.165) is 5.56 Å². The molecule has 0 aliphatic carbocycles. The summed E-state index contributed by atoms with van der Waals surface area (Å²) in [5.41, 5.74) is 1.11. The monoisotopic (exact) mass is 313 g/mol. The summed E-state index contributed by atoms with van der Waals surface area (Å²) < 4.78 is 4.92.